The molecule has 0 aliphatic rings. The standard InChI is InChI=1S/C16H20N2O/c1-13(19)15-3-5-16(6-4-15)18(2)12-9-14-7-10-17-11-8-14/h3-8,10-11,13,19H,9,12H2,1-2H3/t13-/m0/s1. The lowest BCUT2D eigenvalue weighted by molar-refractivity contribution is 0.199. The molecule has 0 saturated heterocycles. The molecule has 0 fully saturated rings. The predicted molar refractivity (Wildman–Crippen MR) is 78.3 cm³/mol. The van der Waals surface area contributed by atoms with Crippen LogP contribution in [0.5, 0.6) is 0 Å². The molecule has 0 bridgehead atoms. The summed E-state index contributed by atoms with van der Waals surface area (Å²) in [5.74, 6) is 0. The summed E-state index contributed by atoms with van der Waals surface area (Å²) in [4.78, 5) is 6.23. The van der Waals surface area contributed by atoms with E-state index < -0.39 is 6.10 Å². The molecule has 3 heteroatoms. The SMILES string of the molecule is C[C@H](O)c1ccc(N(C)CCc2ccncc2)cc1. The highest BCUT2D eigenvalue weighted by molar-refractivity contribution is 5.47. The van der Waals surface area contributed by atoms with E-state index >= 15 is 0 Å². The summed E-state index contributed by atoms with van der Waals surface area (Å²) in [6, 6.07) is 12.1. The Morgan fingerprint density at radius 3 is 2.32 bits per heavy atom. The van der Waals surface area contributed by atoms with E-state index in [1.54, 1.807) is 6.92 Å². The number of pyridine rings is 1. The zero-order chi connectivity index (χ0) is 13.7. The third-order valence-electron chi connectivity index (χ3n) is 3.30. The van der Waals surface area contributed by atoms with Gasteiger partial charge in [0.05, 0.1) is 6.10 Å². The van der Waals surface area contributed by atoms with Crippen LogP contribution in [0.3, 0.4) is 0 Å². The van der Waals surface area contributed by atoms with Crippen molar-refractivity contribution in [1.29, 1.82) is 0 Å². The third-order valence-corrected chi connectivity index (χ3v) is 3.30. The highest BCUT2D eigenvalue weighted by Gasteiger charge is 2.04. The Bertz CT molecular complexity index is 494. The van der Waals surface area contributed by atoms with E-state index in [2.05, 4.69) is 29.1 Å². The number of aliphatic hydroxyl groups is 1. The number of nitrogens with zero attached hydrogens (tertiary/aromatic N) is 2. The number of hydrogen-bond donors (Lipinski definition) is 1. The van der Waals surface area contributed by atoms with Crippen LogP contribution in [0.15, 0.2) is 48.8 Å². The topological polar surface area (TPSA) is 36.4 Å². The highest BCUT2D eigenvalue weighted by Crippen LogP contribution is 2.18. The zero-order valence-corrected chi connectivity index (χ0v) is 11.5. The molecule has 0 unspecified atom stereocenters. The maximum absolute atomic E-state index is 9.49. The van der Waals surface area contributed by atoms with Gasteiger partial charge in [0, 0.05) is 31.7 Å². The second kappa shape index (κ2) is 6.34. The lowest BCUT2D eigenvalue weighted by atomic mass is 10.1. The van der Waals surface area contributed by atoms with Crippen LogP contribution in [0.1, 0.15) is 24.2 Å². The van der Waals surface area contributed by atoms with E-state index in [4.69, 9.17) is 0 Å². The lowest BCUT2D eigenvalue weighted by Gasteiger charge is -2.20. The Morgan fingerprint density at radius 2 is 1.74 bits per heavy atom. The van der Waals surface area contributed by atoms with Gasteiger partial charge < -0.3 is 10.0 Å². The summed E-state index contributed by atoms with van der Waals surface area (Å²) in [6.07, 6.45) is 4.24. The number of rotatable bonds is 5. The lowest BCUT2D eigenvalue weighted by Crippen LogP contribution is -2.20. The van der Waals surface area contributed by atoms with Crippen molar-refractivity contribution >= 4 is 5.69 Å². The molecule has 1 N–H and O–H groups in total. The maximum Gasteiger partial charge on any atom is 0.0761 e. The van der Waals surface area contributed by atoms with Crippen LogP contribution in [0.25, 0.3) is 0 Å². The molecule has 1 atom stereocenters. The molecular formula is C16H20N2O. The van der Waals surface area contributed by atoms with E-state index in [-0.39, 0.29) is 0 Å². The molecule has 0 spiro atoms. The molecule has 0 saturated carbocycles. The third kappa shape index (κ3) is 3.80. The van der Waals surface area contributed by atoms with Crippen LogP contribution < -0.4 is 4.90 Å². The zero-order valence-electron chi connectivity index (χ0n) is 11.5. The number of anilines is 1. The largest absolute Gasteiger partial charge is 0.389 e. The summed E-state index contributed by atoms with van der Waals surface area (Å²) in [6.45, 7) is 2.74. The molecule has 0 amide bonds. The van der Waals surface area contributed by atoms with Crippen molar-refractivity contribution in [2.75, 3.05) is 18.5 Å². The summed E-state index contributed by atoms with van der Waals surface area (Å²) >= 11 is 0. The van der Waals surface area contributed by atoms with Gasteiger partial charge in [-0.1, -0.05) is 12.1 Å². The summed E-state index contributed by atoms with van der Waals surface area (Å²) in [5, 5.41) is 9.49. The van der Waals surface area contributed by atoms with Crippen molar-refractivity contribution in [3.63, 3.8) is 0 Å². The van der Waals surface area contributed by atoms with Crippen molar-refractivity contribution in [2.24, 2.45) is 0 Å². The van der Waals surface area contributed by atoms with E-state index in [1.165, 1.54) is 11.3 Å². The van der Waals surface area contributed by atoms with Crippen molar-refractivity contribution in [2.45, 2.75) is 19.4 Å². The fourth-order valence-electron chi connectivity index (χ4n) is 1.98. The molecule has 3 nitrogen and oxygen atoms in total. The first-order valence-corrected chi connectivity index (χ1v) is 6.55. The number of aliphatic hydroxyl groups excluding tert-OH is 1. The summed E-state index contributed by atoms with van der Waals surface area (Å²) < 4.78 is 0. The molecule has 1 aromatic heterocycles. The van der Waals surface area contributed by atoms with Gasteiger partial charge in [0.1, 0.15) is 0 Å². The average molecular weight is 256 g/mol. The van der Waals surface area contributed by atoms with Gasteiger partial charge in [-0.2, -0.15) is 0 Å². The van der Waals surface area contributed by atoms with Gasteiger partial charge in [-0.3, -0.25) is 4.98 Å². The summed E-state index contributed by atoms with van der Waals surface area (Å²) in [7, 11) is 2.08. The van der Waals surface area contributed by atoms with E-state index in [1.807, 2.05) is 36.7 Å². The molecule has 1 heterocycles. The van der Waals surface area contributed by atoms with Crippen LogP contribution in [0, 0.1) is 0 Å². The van der Waals surface area contributed by atoms with Crippen molar-refractivity contribution in [1.82, 2.24) is 4.98 Å². The smallest absolute Gasteiger partial charge is 0.0761 e. The quantitative estimate of drug-likeness (QED) is 0.893. The predicted octanol–water partition coefficient (Wildman–Crippen LogP) is 2.81. The van der Waals surface area contributed by atoms with Crippen LogP contribution in [-0.2, 0) is 6.42 Å². The minimum Gasteiger partial charge on any atom is -0.389 e. The number of hydrogen-bond acceptors (Lipinski definition) is 3. The first-order chi connectivity index (χ1) is 9.16. The Morgan fingerprint density at radius 1 is 1.11 bits per heavy atom. The second-order valence-electron chi connectivity index (χ2n) is 4.79. The average Bonchev–Trinajstić information content (AvgIpc) is 2.46. The fourth-order valence-corrected chi connectivity index (χ4v) is 1.98. The Labute approximate surface area is 114 Å². The maximum atomic E-state index is 9.49. The molecule has 0 aliphatic heterocycles. The second-order valence-corrected chi connectivity index (χ2v) is 4.79. The van der Waals surface area contributed by atoms with Crippen molar-refractivity contribution in [3.05, 3.63) is 59.9 Å². The molecule has 2 rings (SSSR count). The van der Waals surface area contributed by atoms with E-state index in [0.29, 0.717) is 0 Å². The number of aromatic nitrogens is 1. The first-order valence-electron chi connectivity index (χ1n) is 6.55. The van der Waals surface area contributed by atoms with Gasteiger partial charge in [-0.15, -0.1) is 0 Å². The van der Waals surface area contributed by atoms with Gasteiger partial charge >= 0.3 is 0 Å². The van der Waals surface area contributed by atoms with E-state index in [0.717, 1.165) is 18.5 Å². The first kappa shape index (κ1) is 13.6. The molecule has 100 valence electrons. The van der Waals surface area contributed by atoms with Gasteiger partial charge in [0.15, 0.2) is 0 Å². The van der Waals surface area contributed by atoms with Gasteiger partial charge in [-0.25, -0.2) is 0 Å². The van der Waals surface area contributed by atoms with Crippen LogP contribution >= 0.6 is 0 Å². The Balaban J connectivity index is 1.94. The fraction of sp³-hybridized carbons (Fsp3) is 0.312. The Hall–Kier alpha value is -1.87. The molecule has 1 aromatic carbocycles. The minimum absolute atomic E-state index is 0.406. The Kier molecular flexibility index (Phi) is 4.53. The monoisotopic (exact) mass is 256 g/mol. The molecular weight excluding hydrogens is 236 g/mol. The number of likely N-dealkylation sites (N-methyl/N-ethyl adjacent to an activating group) is 1. The molecule has 19 heavy (non-hydrogen) atoms. The highest BCUT2D eigenvalue weighted by atomic mass is 16.3. The normalized spacial score (nSPS) is 12.2. The molecule has 0 radical (unpaired) electrons. The van der Waals surface area contributed by atoms with Gasteiger partial charge in [0.2, 0.25) is 0 Å². The van der Waals surface area contributed by atoms with Gasteiger partial charge in [-0.05, 0) is 48.7 Å². The minimum atomic E-state index is -0.406. The number of benzene rings is 1. The molecule has 0 aliphatic carbocycles. The van der Waals surface area contributed by atoms with Crippen molar-refractivity contribution < 1.29 is 5.11 Å². The molecule has 2 aromatic rings. The van der Waals surface area contributed by atoms with Crippen LogP contribution in [-0.4, -0.2) is 23.7 Å². The van der Waals surface area contributed by atoms with Crippen LogP contribution in [0.4, 0.5) is 5.69 Å². The van der Waals surface area contributed by atoms with E-state index in [9.17, 15) is 5.11 Å². The summed E-state index contributed by atoms with van der Waals surface area (Å²) in [5.41, 5.74) is 3.41. The van der Waals surface area contributed by atoms with Gasteiger partial charge in [0.25, 0.3) is 0 Å². The van der Waals surface area contributed by atoms with Crippen LogP contribution in [0.2, 0.25) is 0 Å². The van der Waals surface area contributed by atoms with Crippen molar-refractivity contribution in [3.8, 4) is 0 Å².